The molecule has 2 nitrogen and oxygen atoms in total. The molecule has 2 rings (SSSR count). The molecule has 17 heavy (non-hydrogen) atoms. The summed E-state index contributed by atoms with van der Waals surface area (Å²) in [6.45, 7) is 4.71. The Morgan fingerprint density at radius 2 is 1.82 bits per heavy atom. The van der Waals surface area contributed by atoms with Gasteiger partial charge in [0, 0.05) is 18.6 Å². The third-order valence-corrected chi connectivity index (χ3v) is 4.78. The third kappa shape index (κ3) is 3.96. The van der Waals surface area contributed by atoms with Crippen molar-refractivity contribution in [2.75, 3.05) is 20.1 Å². The molecule has 2 atom stereocenters. The van der Waals surface area contributed by atoms with Gasteiger partial charge >= 0.3 is 0 Å². The second kappa shape index (κ2) is 6.75. The van der Waals surface area contributed by atoms with Crippen molar-refractivity contribution in [3.05, 3.63) is 0 Å². The van der Waals surface area contributed by atoms with E-state index in [4.69, 9.17) is 0 Å². The molecule has 0 spiro atoms. The maximum atomic E-state index is 3.64. The Morgan fingerprint density at radius 1 is 1.06 bits per heavy atom. The summed E-state index contributed by atoms with van der Waals surface area (Å²) < 4.78 is 0. The summed E-state index contributed by atoms with van der Waals surface area (Å²) in [5.74, 6) is 1.000. The average Bonchev–Trinajstić information content (AvgIpc) is 2.83. The van der Waals surface area contributed by atoms with Gasteiger partial charge in [0.25, 0.3) is 0 Å². The summed E-state index contributed by atoms with van der Waals surface area (Å²) in [4.78, 5) is 2.67. The highest BCUT2D eigenvalue weighted by Crippen LogP contribution is 2.28. The molecule has 2 aliphatic rings. The minimum atomic E-state index is 0.782. The number of nitrogens with zero attached hydrogens (tertiary/aromatic N) is 1. The summed E-state index contributed by atoms with van der Waals surface area (Å²) in [6, 6.07) is 1.62. The highest BCUT2D eigenvalue weighted by Gasteiger charge is 2.26. The maximum absolute atomic E-state index is 3.64. The van der Waals surface area contributed by atoms with Crippen molar-refractivity contribution in [2.24, 2.45) is 5.92 Å². The van der Waals surface area contributed by atoms with E-state index in [1.54, 1.807) is 0 Å². The van der Waals surface area contributed by atoms with E-state index in [1.807, 2.05) is 0 Å². The largest absolute Gasteiger partial charge is 0.314 e. The number of hydrogen-bond acceptors (Lipinski definition) is 2. The highest BCUT2D eigenvalue weighted by atomic mass is 15.1. The molecule has 100 valence electrons. The first kappa shape index (κ1) is 13.4. The Morgan fingerprint density at radius 3 is 2.53 bits per heavy atom. The van der Waals surface area contributed by atoms with E-state index in [1.165, 1.54) is 57.9 Å². The van der Waals surface area contributed by atoms with Crippen molar-refractivity contribution in [3.63, 3.8) is 0 Å². The van der Waals surface area contributed by atoms with Crippen LogP contribution in [0.1, 0.15) is 58.3 Å². The lowest BCUT2D eigenvalue weighted by molar-refractivity contribution is 0.150. The molecule has 2 aliphatic carbocycles. The van der Waals surface area contributed by atoms with Crippen LogP contribution in [0.25, 0.3) is 0 Å². The third-order valence-electron chi connectivity index (χ3n) is 4.78. The molecule has 2 unspecified atom stereocenters. The first-order valence-electron chi connectivity index (χ1n) is 7.73. The molecule has 0 radical (unpaired) electrons. The first-order valence-corrected chi connectivity index (χ1v) is 7.73. The van der Waals surface area contributed by atoms with E-state index in [2.05, 4.69) is 24.2 Å². The van der Waals surface area contributed by atoms with Crippen LogP contribution in [0.3, 0.4) is 0 Å². The van der Waals surface area contributed by atoms with Gasteiger partial charge in [0.2, 0.25) is 0 Å². The Bertz CT molecular complexity index is 209. The SMILES string of the molecule is CCNC1CCCC(N(C)CC2CCCC2)C1. The molecule has 0 amide bonds. The predicted molar refractivity (Wildman–Crippen MR) is 74.3 cm³/mol. The second-order valence-electron chi connectivity index (χ2n) is 6.17. The fourth-order valence-electron chi connectivity index (χ4n) is 3.79. The molecule has 0 aromatic carbocycles. The lowest BCUT2D eigenvalue weighted by Gasteiger charge is -2.36. The first-order chi connectivity index (χ1) is 8.29. The molecule has 2 saturated carbocycles. The van der Waals surface area contributed by atoms with Crippen molar-refractivity contribution < 1.29 is 0 Å². The Hall–Kier alpha value is -0.0800. The van der Waals surface area contributed by atoms with Gasteiger partial charge in [0.05, 0.1) is 0 Å². The second-order valence-corrected chi connectivity index (χ2v) is 6.17. The summed E-state index contributed by atoms with van der Waals surface area (Å²) in [5.41, 5.74) is 0. The van der Waals surface area contributed by atoms with E-state index in [-0.39, 0.29) is 0 Å². The van der Waals surface area contributed by atoms with Gasteiger partial charge in [-0.2, -0.15) is 0 Å². The van der Waals surface area contributed by atoms with Gasteiger partial charge in [-0.1, -0.05) is 26.2 Å². The average molecular weight is 238 g/mol. The summed E-state index contributed by atoms with van der Waals surface area (Å²) in [6.07, 6.45) is 11.5. The molecule has 0 bridgehead atoms. The molecule has 0 heterocycles. The molecule has 0 aliphatic heterocycles. The standard InChI is InChI=1S/C15H30N2/c1-3-16-14-9-6-10-15(11-14)17(2)12-13-7-4-5-8-13/h13-16H,3-12H2,1-2H3. The lowest BCUT2D eigenvalue weighted by atomic mass is 9.89. The van der Waals surface area contributed by atoms with Crippen LogP contribution in [0.5, 0.6) is 0 Å². The van der Waals surface area contributed by atoms with E-state index < -0.39 is 0 Å². The Kier molecular flexibility index (Phi) is 5.30. The van der Waals surface area contributed by atoms with E-state index in [9.17, 15) is 0 Å². The minimum Gasteiger partial charge on any atom is -0.314 e. The highest BCUT2D eigenvalue weighted by molar-refractivity contribution is 4.84. The van der Waals surface area contributed by atoms with Crippen molar-refractivity contribution in [3.8, 4) is 0 Å². The number of hydrogen-bond donors (Lipinski definition) is 1. The van der Waals surface area contributed by atoms with Gasteiger partial charge in [-0.15, -0.1) is 0 Å². The van der Waals surface area contributed by atoms with E-state index in [0.717, 1.165) is 24.5 Å². The minimum absolute atomic E-state index is 0.782. The topological polar surface area (TPSA) is 15.3 Å². The molecule has 0 saturated heterocycles. The van der Waals surface area contributed by atoms with Gasteiger partial charge in [-0.3, -0.25) is 0 Å². The van der Waals surface area contributed by atoms with Crippen molar-refractivity contribution in [1.82, 2.24) is 10.2 Å². The fraction of sp³-hybridized carbons (Fsp3) is 1.00. The summed E-state index contributed by atoms with van der Waals surface area (Å²) in [5, 5.41) is 3.64. The Balaban J connectivity index is 1.75. The van der Waals surface area contributed by atoms with E-state index >= 15 is 0 Å². The van der Waals surface area contributed by atoms with Crippen molar-refractivity contribution >= 4 is 0 Å². The Labute approximate surface area is 107 Å². The quantitative estimate of drug-likeness (QED) is 0.792. The zero-order chi connectivity index (χ0) is 12.1. The molecule has 2 fully saturated rings. The van der Waals surface area contributed by atoms with E-state index in [0.29, 0.717) is 0 Å². The van der Waals surface area contributed by atoms with Gasteiger partial charge in [-0.05, 0) is 51.6 Å². The van der Waals surface area contributed by atoms with Gasteiger partial charge in [0.15, 0.2) is 0 Å². The van der Waals surface area contributed by atoms with Crippen molar-refractivity contribution in [1.29, 1.82) is 0 Å². The summed E-state index contributed by atoms with van der Waals surface area (Å²) >= 11 is 0. The number of rotatable bonds is 5. The fourth-order valence-corrected chi connectivity index (χ4v) is 3.79. The maximum Gasteiger partial charge on any atom is 0.0107 e. The number of nitrogens with one attached hydrogen (secondary N) is 1. The van der Waals surface area contributed by atoms with Crippen LogP contribution in [0.4, 0.5) is 0 Å². The van der Waals surface area contributed by atoms with Crippen LogP contribution >= 0.6 is 0 Å². The van der Waals surface area contributed by atoms with Gasteiger partial charge in [-0.25, -0.2) is 0 Å². The van der Waals surface area contributed by atoms with Crippen LogP contribution in [0, 0.1) is 5.92 Å². The molecule has 1 N–H and O–H groups in total. The van der Waals surface area contributed by atoms with Crippen LogP contribution in [-0.2, 0) is 0 Å². The van der Waals surface area contributed by atoms with Crippen LogP contribution in [-0.4, -0.2) is 37.1 Å². The van der Waals surface area contributed by atoms with Gasteiger partial charge < -0.3 is 10.2 Å². The predicted octanol–water partition coefficient (Wildman–Crippen LogP) is 3.03. The summed E-state index contributed by atoms with van der Waals surface area (Å²) in [7, 11) is 2.36. The molecular weight excluding hydrogens is 208 g/mol. The smallest absolute Gasteiger partial charge is 0.0107 e. The lowest BCUT2D eigenvalue weighted by Crippen LogP contribution is -2.44. The van der Waals surface area contributed by atoms with Gasteiger partial charge in [0.1, 0.15) is 0 Å². The monoisotopic (exact) mass is 238 g/mol. The zero-order valence-corrected chi connectivity index (χ0v) is 11.8. The molecule has 0 aromatic rings. The van der Waals surface area contributed by atoms with Crippen LogP contribution in [0.15, 0.2) is 0 Å². The molecule has 0 aromatic heterocycles. The normalized spacial score (nSPS) is 31.2. The van der Waals surface area contributed by atoms with Crippen LogP contribution in [0.2, 0.25) is 0 Å². The zero-order valence-electron chi connectivity index (χ0n) is 11.8. The molecule has 2 heteroatoms. The van der Waals surface area contributed by atoms with Crippen molar-refractivity contribution in [2.45, 2.75) is 70.4 Å². The van der Waals surface area contributed by atoms with Crippen LogP contribution < -0.4 is 5.32 Å². The molecular formula is C15H30N2.